The zero-order valence-electron chi connectivity index (χ0n) is 13.6. The van der Waals surface area contributed by atoms with Crippen LogP contribution in [0.1, 0.15) is 6.42 Å². The van der Waals surface area contributed by atoms with E-state index in [0.29, 0.717) is 6.61 Å². The molecule has 2 N–H and O–H groups in total. The number of nitrogens with two attached hydrogens (primary N) is 1. The molecule has 2 heterocycles. The molecule has 0 fully saturated rings. The van der Waals surface area contributed by atoms with E-state index >= 15 is 0 Å². The third-order valence-corrected chi connectivity index (χ3v) is 3.64. The molecule has 3 aromatic rings. The molecule has 5 nitrogen and oxygen atoms in total. The Labute approximate surface area is 136 Å². The van der Waals surface area contributed by atoms with Gasteiger partial charge in [-0.05, 0) is 44.8 Å². The lowest BCUT2D eigenvalue weighted by Crippen LogP contribution is -2.15. The lowest BCUT2D eigenvalue weighted by molar-refractivity contribution is 0.283. The molecule has 0 aliphatic carbocycles. The van der Waals surface area contributed by atoms with E-state index in [9.17, 15) is 0 Å². The first-order valence-electron chi connectivity index (χ1n) is 7.74. The third-order valence-electron chi connectivity index (χ3n) is 3.64. The summed E-state index contributed by atoms with van der Waals surface area (Å²) < 4.78 is 7.89. The van der Waals surface area contributed by atoms with Crippen LogP contribution in [0.2, 0.25) is 0 Å². The lowest BCUT2D eigenvalue weighted by atomic mass is 10.1. The molecule has 0 unspecified atom stereocenters. The van der Waals surface area contributed by atoms with E-state index in [0.717, 1.165) is 41.3 Å². The molecule has 5 heteroatoms. The van der Waals surface area contributed by atoms with E-state index in [1.807, 2.05) is 53.2 Å². The number of imidazole rings is 1. The van der Waals surface area contributed by atoms with Crippen LogP contribution in [0.3, 0.4) is 0 Å². The maximum atomic E-state index is 5.91. The van der Waals surface area contributed by atoms with Crippen LogP contribution in [-0.4, -0.2) is 41.5 Å². The quantitative estimate of drug-likeness (QED) is 0.562. The van der Waals surface area contributed by atoms with E-state index in [-0.39, 0.29) is 0 Å². The largest absolute Gasteiger partial charge is 0.490 e. The number of aromatic nitrogens is 2. The molecule has 0 spiro atoms. The fraction of sp³-hybridized carbons (Fsp3) is 0.278. The van der Waals surface area contributed by atoms with Gasteiger partial charge in [-0.2, -0.15) is 0 Å². The van der Waals surface area contributed by atoms with Gasteiger partial charge in [0.2, 0.25) is 0 Å². The SMILES string of the molecule is CN(C)CCCOc1cccn2cc(-c3cccc(N)c3)nc12. The molecule has 1 aromatic carbocycles. The van der Waals surface area contributed by atoms with Crippen molar-refractivity contribution in [3.8, 4) is 17.0 Å². The standard InChI is InChI=1S/C18H22N4O/c1-21(2)9-5-11-23-17-8-4-10-22-13-16(20-18(17)22)14-6-3-7-15(19)12-14/h3-4,6-8,10,12-13H,5,9,11,19H2,1-2H3. The second kappa shape index (κ2) is 6.71. The van der Waals surface area contributed by atoms with Crippen molar-refractivity contribution in [2.45, 2.75) is 6.42 Å². The van der Waals surface area contributed by atoms with Crippen molar-refractivity contribution in [2.75, 3.05) is 33.0 Å². The van der Waals surface area contributed by atoms with Gasteiger partial charge in [0.15, 0.2) is 11.4 Å². The summed E-state index contributed by atoms with van der Waals surface area (Å²) >= 11 is 0. The molecule has 0 atom stereocenters. The van der Waals surface area contributed by atoms with Gasteiger partial charge < -0.3 is 19.8 Å². The molecule has 0 radical (unpaired) electrons. The molecule has 0 aliphatic heterocycles. The summed E-state index contributed by atoms with van der Waals surface area (Å²) in [7, 11) is 4.13. The van der Waals surface area contributed by atoms with Crippen molar-refractivity contribution in [1.29, 1.82) is 0 Å². The van der Waals surface area contributed by atoms with Crippen LogP contribution in [0.15, 0.2) is 48.8 Å². The Morgan fingerprint density at radius 1 is 1.22 bits per heavy atom. The lowest BCUT2D eigenvalue weighted by Gasteiger charge is -2.10. The van der Waals surface area contributed by atoms with E-state index < -0.39 is 0 Å². The molecule has 0 bridgehead atoms. The molecule has 120 valence electrons. The Bertz CT molecular complexity index is 795. The highest BCUT2D eigenvalue weighted by Crippen LogP contribution is 2.25. The first-order valence-corrected chi connectivity index (χ1v) is 7.74. The van der Waals surface area contributed by atoms with Crippen molar-refractivity contribution in [2.24, 2.45) is 0 Å². The predicted octanol–water partition coefficient (Wildman–Crippen LogP) is 2.91. The highest BCUT2D eigenvalue weighted by Gasteiger charge is 2.09. The molecule has 3 rings (SSSR count). The van der Waals surface area contributed by atoms with Gasteiger partial charge in [0.05, 0.1) is 12.3 Å². The van der Waals surface area contributed by atoms with Gasteiger partial charge in [-0.3, -0.25) is 0 Å². The fourth-order valence-corrected chi connectivity index (χ4v) is 2.50. The highest BCUT2D eigenvalue weighted by molar-refractivity contribution is 5.68. The topological polar surface area (TPSA) is 55.8 Å². The number of nitrogens with zero attached hydrogens (tertiary/aromatic N) is 3. The summed E-state index contributed by atoms with van der Waals surface area (Å²) in [6.07, 6.45) is 4.96. The monoisotopic (exact) mass is 310 g/mol. The Hall–Kier alpha value is -2.53. The molecular formula is C18H22N4O. The summed E-state index contributed by atoms with van der Waals surface area (Å²) in [5.74, 6) is 0.807. The Balaban J connectivity index is 1.83. The van der Waals surface area contributed by atoms with Gasteiger partial charge in [-0.1, -0.05) is 12.1 Å². The second-order valence-electron chi connectivity index (χ2n) is 5.86. The molecule has 23 heavy (non-hydrogen) atoms. The second-order valence-corrected chi connectivity index (χ2v) is 5.86. The Kier molecular flexibility index (Phi) is 4.48. The van der Waals surface area contributed by atoms with Crippen molar-refractivity contribution in [1.82, 2.24) is 14.3 Å². The molecule has 0 amide bonds. The molecule has 0 saturated heterocycles. The minimum absolute atomic E-state index is 0.679. The van der Waals surface area contributed by atoms with E-state index in [1.165, 1.54) is 0 Å². The van der Waals surface area contributed by atoms with Crippen molar-refractivity contribution in [3.63, 3.8) is 0 Å². The summed E-state index contributed by atoms with van der Waals surface area (Å²) in [4.78, 5) is 6.86. The number of fused-ring (bicyclic) bond motifs is 1. The maximum absolute atomic E-state index is 5.91. The summed E-state index contributed by atoms with van der Waals surface area (Å²) in [5.41, 5.74) is 9.32. The number of anilines is 1. The van der Waals surface area contributed by atoms with Crippen LogP contribution in [0.25, 0.3) is 16.9 Å². The van der Waals surface area contributed by atoms with Crippen molar-refractivity contribution < 1.29 is 4.74 Å². The van der Waals surface area contributed by atoms with E-state index in [4.69, 9.17) is 15.5 Å². The summed E-state index contributed by atoms with van der Waals surface area (Å²) in [6, 6.07) is 11.7. The van der Waals surface area contributed by atoms with E-state index in [1.54, 1.807) is 0 Å². The zero-order valence-corrected chi connectivity index (χ0v) is 13.6. The minimum Gasteiger partial charge on any atom is -0.490 e. The number of ether oxygens (including phenoxy) is 1. The molecule has 2 aromatic heterocycles. The van der Waals surface area contributed by atoms with Gasteiger partial charge in [0.1, 0.15) is 0 Å². The first kappa shape index (κ1) is 15.4. The van der Waals surface area contributed by atoms with Gasteiger partial charge >= 0.3 is 0 Å². The third kappa shape index (κ3) is 3.63. The number of hydrogen-bond donors (Lipinski definition) is 1. The first-order chi connectivity index (χ1) is 11.1. The Morgan fingerprint density at radius 3 is 2.87 bits per heavy atom. The highest BCUT2D eigenvalue weighted by atomic mass is 16.5. The smallest absolute Gasteiger partial charge is 0.180 e. The van der Waals surface area contributed by atoms with Crippen LogP contribution in [0, 0.1) is 0 Å². The fourth-order valence-electron chi connectivity index (χ4n) is 2.50. The summed E-state index contributed by atoms with van der Waals surface area (Å²) in [5, 5.41) is 0. The maximum Gasteiger partial charge on any atom is 0.180 e. The van der Waals surface area contributed by atoms with Gasteiger partial charge in [0.25, 0.3) is 0 Å². The van der Waals surface area contributed by atoms with Crippen molar-refractivity contribution in [3.05, 3.63) is 48.8 Å². The normalized spacial score (nSPS) is 11.3. The van der Waals surface area contributed by atoms with Crippen LogP contribution >= 0.6 is 0 Å². The van der Waals surface area contributed by atoms with E-state index in [2.05, 4.69) is 19.0 Å². The minimum atomic E-state index is 0.679. The van der Waals surface area contributed by atoms with Gasteiger partial charge in [0, 0.05) is 30.2 Å². The number of benzene rings is 1. The average molecular weight is 310 g/mol. The Morgan fingerprint density at radius 2 is 2.09 bits per heavy atom. The molecule has 0 aliphatic rings. The number of pyridine rings is 1. The molecular weight excluding hydrogens is 288 g/mol. The van der Waals surface area contributed by atoms with Crippen molar-refractivity contribution >= 4 is 11.3 Å². The number of rotatable bonds is 6. The average Bonchev–Trinajstić information content (AvgIpc) is 2.96. The summed E-state index contributed by atoms with van der Waals surface area (Å²) in [6.45, 7) is 1.68. The van der Waals surface area contributed by atoms with Crippen LogP contribution < -0.4 is 10.5 Å². The zero-order chi connectivity index (χ0) is 16.2. The van der Waals surface area contributed by atoms with Crippen LogP contribution in [-0.2, 0) is 0 Å². The number of hydrogen-bond acceptors (Lipinski definition) is 4. The molecule has 0 saturated carbocycles. The van der Waals surface area contributed by atoms with Crippen LogP contribution in [0.5, 0.6) is 5.75 Å². The van der Waals surface area contributed by atoms with Crippen LogP contribution in [0.4, 0.5) is 5.69 Å². The van der Waals surface area contributed by atoms with Gasteiger partial charge in [-0.25, -0.2) is 4.98 Å². The number of nitrogen functional groups attached to an aromatic ring is 1. The predicted molar refractivity (Wildman–Crippen MR) is 93.7 cm³/mol. The van der Waals surface area contributed by atoms with Gasteiger partial charge in [-0.15, -0.1) is 0 Å².